The maximum Gasteiger partial charge on any atom is 0.126 e. The molecule has 0 aliphatic rings. The molecule has 1 N–H and O–H groups in total. The summed E-state index contributed by atoms with van der Waals surface area (Å²) in [6.07, 6.45) is 5.97. The molecule has 0 atom stereocenters. The van der Waals surface area contributed by atoms with Gasteiger partial charge in [-0.1, -0.05) is 12.1 Å². The number of nitrogens with zero attached hydrogens (tertiary/aromatic N) is 2. The molecule has 0 spiro atoms. The molecule has 0 radical (unpaired) electrons. The molecule has 4 aromatic rings. The summed E-state index contributed by atoms with van der Waals surface area (Å²) in [5, 5.41) is 8.27. The average molecular weight is 347 g/mol. The third kappa shape index (κ3) is 3.52. The van der Waals surface area contributed by atoms with E-state index >= 15 is 0 Å². The first-order chi connectivity index (χ1) is 12.7. The van der Waals surface area contributed by atoms with Gasteiger partial charge < -0.3 is 0 Å². The van der Waals surface area contributed by atoms with E-state index in [0.717, 1.165) is 33.9 Å². The van der Waals surface area contributed by atoms with Gasteiger partial charge in [-0.15, -0.1) is 0 Å². The van der Waals surface area contributed by atoms with Crippen molar-refractivity contribution in [2.45, 2.75) is 6.42 Å². The van der Waals surface area contributed by atoms with Gasteiger partial charge in [0, 0.05) is 17.6 Å². The SMILES string of the molecule is Fc1cc(F)cc(Cc2ccc3[nH]nc(/C=C/c4ccccn4)c3c2)c1. The molecule has 2 aromatic carbocycles. The van der Waals surface area contributed by atoms with Crippen LogP contribution in [0.3, 0.4) is 0 Å². The molecule has 0 unspecified atom stereocenters. The van der Waals surface area contributed by atoms with Crippen molar-refractivity contribution in [1.82, 2.24) is 15.2 Å². The highest BCUT2D eigenvalue weighted by atomic mass is 19.1. The Morgan fingerprint density at radius 1 is 0.885 bits per heavy atom. The summed E-state index contributed by atoms with van der Waals surface area (Å²) in [6.45, 7) is 0. The first-order valence-corrected chi connectivity index (χ1v) is 8.18. The Morgan fingerprint density at radius 3 is 2.50 bits per heavy atom. The summed E-state index contributed by atoms with van der Waals surface area (Å²) in [5.74, 6) is -1.13. The zero-order valence-electron chi connectivity index (χ0n) is 13.8. The minimum Gasteiger partial charge on any atom is -0.277 e. The van der Waals surface area contributed by atoms with Crippen molar-refractivity contribution >= 4 is 23.1 Å². The number of hydrogen-bond donors (Lipinski definition) is 1. The van der Waals surface area contributed by atoms with Gasteiger partial charge in [-0.05, 0) is 66.1 Å². The molecule has 4 rings (SSSR count). The van der Waals surface area contributed by atoms with Crippen LogP contribution in [0.1, 0.15) is 22.5 Å². The largest absolute Gasteiger partial charge is 0.277 e. The Labute approximate surface area is 149 Å². The second-order valence-corrected chi connectivity index (χ2v) is 6.03. The van der Waals surface area contributed by atoms with Gasteiger partial charge in [-0.2, -0.15) is 5.10 Å². The molecule has 0 bridgehead atoms. The maximum atomic E-state index is 13.4. The zero-order chi connectivity index (χ0) is 17.9. The highest BCUT2D eigenvalue weighted by molar-refractivity contribution is 5.89. The van der Waals surface area contributed by atoms with Crippen LogP contribution in [0.2, 0.25) is 0 Å². The molecule has 0 saturated heterocycles. The smallest absolute Gasteiger partial charge is 0.126 e. The lowest BCUT2D eigenvalue weighted by Gasteiger charge is -2.03. The molecule has 3 nitrogen and oxygen atoms in total. The number of fused-ring (bicyclic) bond motifs is 1. The standard InChI is InChI=1S/C21H15F2N3/c22-16-10-15(11-17(23)13-16)9-14-4-6-20-19(12-14)21(26-25-20)7-5-18-3-1-2-8-24-18/h1-8,10-13H,9H2,(H,25,26)/b7-5+. The van der Waals surface area contributed by atoms with E-state index in [0.29, 0.717) is 12.0 Å². The maximum absolute atomic E-state index is 13.4. The fraction of sp³-hybridized carbons (Fsp3) is 0.0476. The van der Waals surface area contributed by atoms with Gasteiger partial charge in [0.2, 0.25) is 0 Å². The Morgan fingerprint density at radius 2 is 1.73 bits per heavy atom. The molecular formula is C21H15F2N3. The van der Waals surface area contributed by atoms with Gasteiger partial charge in [-0.3, -0.25) is 10.1 Å². The minimum absolute atomic E-state index is 0.444. The highest BCUT2D eigenvalue weighted by Crippen LogP contribution is 2.22. The van der Waals surface area contributed by atoms with Crippen LogP contribution in [0.5, 0.6) is 0 Å². The van der Waals surface area contributed by atoms with Crippen molar-refractivity contribution in [2.24, 2.45) is 0 Å². The minimum atomic E-state index is -0.566. The van der Waals surface area contributed by atoms with Crippen LogP contribution in [0.4, 0.5) is 8.78 Å². The van der Waals surface area contributed by atoms with E-state index < -0.39 is 11.6 Å². The predicted molar refractivity (Wildman–Crippen MR) is 98.4 cm³/mol. The van der Waals surface area contributed by atoms with Gasteiger partial charge in [0.1, 0.15) is 11.6 Å². The molecule has 0 aliphatic heterocycles. The van der Waals surface area contributed by atoms with E-state index in [1.807, 2.05) is 48.6 Å². The molecule has 2 heterocycles. The van der Waals surface area contributed by atoms with E-state index in [4.69, 9.17) is 0 Å². The lowest BCUT2D eigenvalue weighted by atomic mass is 10.0. The molecule has 0 amide bonds. The van der Waals surface area contributed by atoms with Crippen molar-refractivity contribution in [3.05, 3.63) is 94.9 Å². The fourth-order valence-electron chi connectivity index (χ4n) is 2.91. The molecule has 0 aliphatic carbocycles. The number of H-pyrrole nitrogens is 1. The van der Waals surface area contributed by atoms with Gasteiger partial charge in [-0.25, -0.2) is 8.78 Å². The zero-order valence-corrected chi connectivity index (χ0v) is 13.8. The topological polar surface area (TPSA) is 41.6 Å². The lowest BCUT2D eigenvalue weighted by Crippen LogP contribution is -1.91. The Balaban J connectivity index is 1.65. The van der Waals surface area contributed by atoms with Crippen LogP contribution in [-0.4, -0.2) is 15.2 Å². The van der Waals surface area contributed by atoms with Crippen LogP contribution >= 0.6 is 0 Å². The summed E-state index contributed by atoms with van der Waals surface area (Å²) in [5.41, 5.74) is 4.08. The first-order valence-electron chi connectivity index (χ1n) is 8.18. The lowest BCUT2D eigenvalue weighted by molar-refractivity contribution is 0.580. The third-order valence-corrected chi connectivity index (χ3v) is 4.09. The monoisotopic (exact) mass is 347 g/mol. The number of pyridine rings is 1. The molecule has 5 heteroatoms. The third-order valence-electron chi connectivity index (χ3n) is 4.09. The van der Waals surface area contributed by atoms with Crippen molar-refractivity contribution in [2.75, 3.05) is 0 Å². The van der Waals surface area contributed by atoms with Crippen LogP contribution in [0, 0.1) is 11.6 Å². The van der Waals surface area contributed by atoms with E-state index in [9.17, 15) is 8.78 Å². The second kappa shape index (κ2) is 6.88. The number of hydrogen-bond acceptors (Lipinski definition) is 2. The summed E-state index contributed by atoms with van der Waals surface area (Å²) in [6, 6.07) is 15.1. The summed E-state index contributed by atoms with van der Waals surface area (Å²) >= 11 is 0. The van der Waals surface area contributed by atoms with Crippen LogP contribution in [-0.2, 0) is 6.42 Å². The van der Waals surface area contributed by atoms with E-state index in [-0.39, 0.29) is 0 Å². The van der Waals surface area contributed by atoms with Crippen LogP contribution in [0.15, 0.2) is 60.8 Å². The predicted octanol–water partition coefficient (Wildman–Crippen LogP) is 5.00. The Hall–Kier alpha value is -3.34. The van der Waals surface area contributed by atoms with Crippen molar-refractivity contribution in [1.29, 1.82) is 0 Å². The first kappa shape index (κ1) is 16.1. The highest BCUT2D eigenvalue weighted by Gasteiger charge is 2.07. The number of aromatic amines is 1. The van der Waals surface area contributed by atoms with Gasteiger partial charge >= 0.3 is 0 Å². The number of nitrogens with one attached hydrogen (secondary N) is 1. The van der Waals surface area contributed by atoms with E-state index in [1.165, 1.54) is 12.1 Å². The molecule has 0 saturated carbocycles. The molecule has 26 heavy (non-hydrogen) atoms. The summed E-state index contributed by atoms with van der Waals surface area (Å²) in [7, 11) is 0. The molecule has 2 aromatic heterocycles. The molecular weight excluding hydrogens is 332 g/mol. The van der Waals surface area contributed by atoms with Crippen LogP contribution < -0.4 is 0 Å². The molecule has 0 fully saturated rings. The Bertz CT molecular complexity index is 1060. The quantitative estimate of drug-likeness (QED) is 0.565. The van der Waals surface area contributed by atoms with Crippen molar-refractivity contribution in [3.63, 3.8) is 0 Å². The Kier molecular flexibility index (Phi) is 4.27. The van der Waals surface area contributed by atoms with E-state index in [1.54, 1.807) is 6.20 Å². The summed E-state index contributed by atoms with van der Waals surface area (Å²) < 4.78 is 26.8. The van der Waals surface area contributed by atoms with Crippen molar-refractivity contribution in [3.8, 4) is 0 Å². The van der Waals surface area contributed by atoms with Gasteiger partial charge in [0.05, 0.1) is 16.9 Å². The normalized spacial score (nSPS) is 11.5. The van der Waals surface area contributed by atoms with Crippen molar-refractivity contribution < 1.29 is 8.78 Å². The average Bonchev–Trinajstić information content (AvgIpc) is 3.02. The van der Waals surface area contributed by atoms with Gasteiger partial charge in [0.25, 0.3) is 0 Å². The number of benzene rings is 2. The molecule has 128 valence electrons. The number of rotatable bonds is 4. The summed E-state index contributed by atoms with van der Waals surface area (Å²) in [4.78, 5) is 4.25. The van der Waals surface area contributed by atoms with Gasteiger partial charge in [0.15, 0.2) is 0 Å². The van der Waals surface area contributed by atoms with Crippen LogP contribution in [0.25, 0.3) is 23.1 Å². The number of aromatic nitrogens is 3. The second-order valence-electron chi connectivity index (χ2n) is 6.03. The fourth-order valence-corrected chi connectivity index (χ4v) is 2.91. The number of halogens is 2. The van der Waals surface area contributed by atoms with E-state index in [2.05, 4.69) is 15.2 Å².